The largest absolute Gasteiger partial charge is 0.392 e. The van der Waals surface area contributed by atoms with Crippen molar-refractivity contribution in [2.24, 2.45) is 0 Å². The monoisotopic (exact) mass is 259 g/mol. The molecule has 0 aromatic heterocycles. The first-order valence-electron chi connectivity index (χ1n) is 6.04. The summed E-state index contributed by atoms with van der Waals surface area (Å²) in [5.41, 5.74) is 4.51. The molecular weight excluding hydrogens is 246 g/mol. The van der Waals surface area contributed by atoms with Gasteiger partial charge in [-0.25, -0.2) is 0 Å². The highest BCUT2D eigenvalue weighted by atomic mass is 35.5. The summed E-state index contributed by atoms with van der Waals surface area (Å²) in [7, 11) is 0. The molecular formula is C15H14ClNO. The van der Waals surface area contributed by atoms with Gasteiger partial charge in [0, 0.05) is 28.5 Å². The third-order valence-corrected chi connectivity index (χ3v) is 3.62. The Hall–Kier alpha value is -1.51. The number of nitrogens with zero attached hydrogens (tertiary/aromatic N) is 1. The summed E-state index contributed by atoms with van der Waals surface area (Å²) >= 11 is 5.97. The van der Waals surface area contributed by atoms with Gasteiger partial charge in [0.2, 0.25) is 0 Å². The number of rotatable bonds is 2. The van der Waals surface area contributed by atoms with Crippen LogP contribution in [0, 0.1) is 0 Å². The van der Waals surface area contributed by atoms with Crippen LogP contribution in [-0.4, -0.2) is 11.7 Å². The average Bonchev–Trinajstić information content (AvgIpc) is 2.82. The molecule has 3 rings (SSSR count). The zero-order valence-electron chi connectivity index (χ0n) is 9.94. The maximum Gasteiger partial charge on any atom is 0.0702 e. The van der Waals surface area contributed by atoms with Gasteiger partial charge in [-0.05, 0) is 36.2 Å². The minimum absolute atomic E-state index is 0.00849. The molecule has 1 heterocycles. The number of para-hydroxylation sites is 1. The summed E-state index contributed by atoms with van der Waals surface area (Å²) in [6, 6.07) is 14.1. The number of halogens is 1. The van der Waals surface area contributed by atoms with E-state index in [1.165, 1.54) is 11.3 Å². The van der Waals surface area contributed by atoms with Gasteiger partial charge in [0.05, 0.1) is 6.61 Å². The first kappa shape index (κ1) is 11.6. The lowest BCUT2D eigenvalue weighted by Crippen LogP contribution is -2.15. The van der Waals surface area contributed by atoms with Gasteiger partial charge < -0.3 is 10.0 Å². The lowest BCUT2D eigenvalue weighted by Gasteiger charge is -2.22. The van der Waals surface area contributed by atoms with Crippen LogP contribution in [-0.2, 0) is 13.0 Å². The van der Waals surface area contributed by atoms with E-state index in [1.807, 2.05) is 24.3 Å². The highest BCUT2D eigenvalue weighted by molar-refractivity contribution is 6.30. The lowest BCUT2D eigenvalue weighted by molar-refractivity contribution is 0.282. The first-order valence-corrected chi connectivity index (χ1v) is 6.42. The fourth-order valence-electron chi connectivity index (χ4n) is 2.53. The van der Waals surface area contributed by atoms with E-state index in [0.717, 1.165) is 24.2 Å². The van der Waals surface area contributed by atoms with Crippen LogP contribution in [0.15, 0.2) is 42.5 Å². The molecule has 1 N–H and O–H groups in total. The zero-order valence-corrected chi connectivity index (χ0v) is 10.7. The Labute approximate surface area is 111 Å². The van der Waals surface area contributed by atoms with Crippen LogP contribution in [0.1, 0.15) is 11.1 Å². The van der Waals surface area contributed by atoms with Crippen molar-refractivity contribution >= 4 is 23.0 Å². The predicted octanol–water partition coefficient (Wildman–Crippen LogP) is 3.53. The van der Waals surface area contributed by atoms with Gasteiger partial charge in [0.15, 0.2) is 0 Å². The molecule has 18 heavy (non-hydrogen) atoms. The topological polar surface area (TPSA) is 23.5 Å². The van der Waals surface area contributed by atoms with Crippen LogP contribution in [0.25, 0.3) is 0 Å². The smallest absolute Gasteiger partial charge is 0.0702 e. The fraction of sp³-hybridized carbons (Fsp3) is 0.200. The molecule has 1 aliphatic rings. The molecule has 3 heteroatoms. The molecule has 2 nitrogen and oxygen atoms in total. The Balaban J connectivity index is 2.07. The maximum atomic E-state index is 9.47. The summed E-state index contributed by atoms with van der Waals surface area (Å²) in [6.07, 6.45) is 1.05. The number of fused-ring (bicyclic) bond motifs is 1. The van der Waals surface area contributed by atoms with E-state index >= 15 is 0 Å². The number of hydrogen-bond acceptors (Lipinski definition) is 2. The lowest BCUT2D eigenvalue weighted by atomic mass is 10.1. The average molecular weight is 260 g/mol. The number of hydrogen-bond donors (Lipinski definition) is 1. The molecule has 2 aromatic rings. The number of aliphatic hydroxyl groups excluding tert-OH is 1. The van der Waals surface area contributed by atoms with Crippen molar-refractivity contribution < 1.29 is 5.11 Å². The molecule has 0 amide bonds. The van der Waals surface area contributed by atoms with Crippen LogP contribution < -0.4 is 4.90 Å². The second kappa shape index (κ2) is 4.63. The Morgan fingerprint density at radius 2 is 1.94 bits per heavy atom. The van der Waals surface area contributed by atoms with Gasteiger partial charge in [0.25, 0.3) is 0 Å². The van der Waals surface area contributed by atoms with Gasteiger partial charge >= 0.3 is 0 Å². The Kier molecular flexibility index (Phi) is 2.98. The molecule has 0 bridgehead atoms. The Bertz CT molecular complexity index is 582. The van der Waals surface area contributed by atoms with Crippen molar-refractivity contribution in [1.82, 2.24) is 0 Å². The number of anilines is 2. The second-order valence-corrected chi connectivity index (χ2v) is 4.90. The molecule has 1 aliphatic heterocycles. The summed E-state index contributed by atoms with van der Waals surface area (Å²) in [6.45, 7) is 0.961. The van der Waals surface area contributed by atoms with Crippen molar-refractivity contribution in [3.8, 4) is 0 Å². The Morgan fingerprint density at radius 1 is 1.11 bits per heavy atom. The van der Waals surface area contributed by atoms with E-state index in [1.54, 1.807) is 0 Å². The minimum atomic E-state index is 0.00849. The van der Waals surface area contributed by atoms with Crippen molar-refractivity contribution in [2.45, 2.75) is 13.0 Å². The summed E-state index contributed by atoms with van der Waals surface area (Å²) in [4.78, 5) is 2.25. The van der Waals surface area contributed by atoms with E-state index in [4.69, 9.17) is 11.6 Å². The quantitative estimate of drug-likeness (QED) is 0.892. The molecule has 0 saturated heterocycles. The van der Waals surface area contributed by atoms with E-state index in [-0.39, 0.29) is 6.61 Å². The Morgan fingerprint density at radius 3 is 2.78 bits per heavy atom. The summed E-state index contributed by atoms with van der Waals surface area (Å²) in [5.74, 6) is 0. The van der Waals surface area contributed by atoms with Gasteiger partial charge in [-0.15, -0.1) is 0 Å². The fourth-order valence-corrected chi connectivity index (χ4v) is 2.73. The number of benzene rings is 2. The zero-order chi connectivity index (χ0) is 12.5. The van der Waals surface area contributed by atoms with Crippen molar-refractivity contribution in [3.63, 3.8) is 0 Å². The summed E-state index contributed by atoms with van der Waals surface area (Å²) < 4.78 is 0. The first-order chi connectivity index (χ1) is 8.79. The molecule has 0 atom stereocenters. The van der Waals surface area contributed by atoms with Gasteiger partial charge in [0.1, 0.15) is 0 Å². The van der Waals surface area contributed by atoms with Crippen LogP contribution >= 0.6 is 11.6 Å². The van der Waals surface area contributed by atoms with E-state index in [2.05, 4.69) is 23.1 Å². The van der Waals surface area contributed by atoms with Crippen molar-refractivity contribution in [3.05, 3.63) is 58.6 Å². The highest BCUT2D eigenvalue weighted by Crippen LogP contribution is 2.36. The van der Waals surface area contributed by atoms with Crippen molar-refractivity contribution in [2.75, 3.05) is 11.4 Å². The predicted molar refractivity (Wildman–Crippen MR) is 74.5 cm³/mol. The highest BCUT2D eigenvalue weighted by Gasteiger charge is 2.21. The SMILES string of the molecule is OCc1cc(Cl)ccc1N1CCc2ccccc21. The molecule has 0 unspecified atom stereocenters. The molecule has 0 radical (unpaired) electrons. The molecule has 0 saturated carbocycles. The maximum absolute atomic E-state index is 9.47. The third kappa shape index (κ3) is 1.88. The van der Waals surface area contributed by atoms with Crippen LogP contribution in [0.5, 0.6) is 0 Å². The van der Waals surface area contributed by atoms with Crippen molar-refractivity contribution in [1.29, 1.82) is 0 Å². The molecule has 0 spiro atoms. The number of aliphatic hydroxyl groups is 1. The van der Waals surface area contributed by atoms with Crippen LogP contribution in [0.4, 0.5) is 11.4 Å². The minimum Gasteiger partial charge on any atom is -0.392 e. The molecule has 92 valence electrons. The molecule has 0 aliphatic carbocycles. The molecule has 0 fully saturated rings. The van der Waals surface area contributed by atoms with E-state index < -0.39 is 0 Å². The third-order valence-electron chi connectivity index (χ3n) is 3.39. The van der Waals surface area contributed by atoms with Gasteiger partial charge in [-0.3, -0.25) is 0 Å². The van der Waals surface area contributed by atoms with E-state index in [9.17, 15) is 5.11 Å². The second-order valence-electron chi connectivity index (χ2n) is 4.46. The molecule has 2 aromatic carbocycles. The van der Waals surface area contributed by atoms with Crippen LogP contribution in [0.3, 0.4) is 0 Å². The van der Waals surface area contributed by atoms with Gasteiger partial charge in [-0.1, -0.05) is 29.8 Å². The van der Waals surface area contributed by atoms with Gasteiger partial charge in [-0.2, -0.15) is 0 Å². The van der Waals surface area contributed by atoms with E-state index in [0.29, 0.717) is 5.02 Å². The standard InChI is InChI=1S/C15H14ClNO/c16-13-5-6-15(12(9-13)10-18)17-8-7-11-3-1-2-4-14(11)17/h1-6,9,18H,7-8,10H2. The van der Waals surface area contributed by atoms with Crippen LogP contribution in [0.2, 0.25) is 5.02 Å². The summed E-state index contributed by atoms with van der Waals surface area (Å²) in [5, 5.41) is 10.1. The normalized spacial score (nSPS) is 13.8.